The molecule has 2 aromatic carbocycles. The Labute approximate surface area is 190 Å². The molecule has 0 bridgehead atoms. The highest BCUT2D eigenvalue weighted by molar-refractivity contribution is 6.04. The van der Waals surface area contributed by atoms with Gasteiger partial charge in [-0.1, -0.05) is 54.1 Å². The smallest absolute Gasteiger partial charge is 0.339 e. The van der Waals surface area contributed by atoms with Gasteiger partial charge in [0.15, 0.2) is 0 Å². The zero-order chi connectivity index (χ0) is 22.9. The molecule has 3 heterocycles. The van der Waals surface area contributed by atoms with E-state index in [1.807, 2.05) is 68.4 Å². The number of rotatable bonds is 4. The molecule has 0 spiro atoms. The second-order valence-corrected chi connectivity index (χ2v) is 7.98. The number of aromatic nitrogens is 3. The van der Waals surface area contributed by atoms with Crippen molar-refractivity contribution < 1.29 is 9.53 Å². The molecule has 6 nitrogen and oxygen atoms in total. The van der Waals surface area contributed by atoms with E-state index >= 15 is 0 Å². The zero-order valence-corrected chi connectivity index (χ0v) is 18.3. The van der Waals surface area contributed by atoms with E-state index in [-0.39, 0.29) is 12.2 Å². The summed E-state index contributed by atoms with van der Waals surface area (Å²) in [6.07, 6.45) is 1.67. The molecule has 0 saturated heterocycles. The Hall–Kier alpha value is -4.32. The minimum Gasteiger partial charge on any atom is -0.456 e. The monoisotopic (exact) mass is 435 g/mol. The molecule has 0 aliphatic heterocycles. The number of ether oxygens (including phenoxy) is 1. The molecule has 5 aromatic rings. The van der Waals surface area contributed by atoms with Gasteiger partial charge in [-0.25, -0.2) is 14.8 Å². The van der Waals surface area contributed by atoms with E-state index in [0.29, 0.717) is 33.5 Å². The first-order chi connectivity index (χ1) is 16.0. The third-order valence-electron chi connectivity index (χ3n) is 5.57. The van der Waals surface area contributed by atoms with E-state index in [2.05, 4.69) is 4.98 Å². The number of hydrogen-bond acceptors (Lipinski definition) is 5. The minimum absolute atomic E-state index is 0.102. The molecule has 5 rings (SSSR count). The number of aryl methyl sites for hydroxylation is 2. The normalized spacial score (nSPS) is 11.1. The van der Waals surface area contributed by atoms with Crippen LogP contribution in [0.3, 0.4) is 0 Å². The average Bonchev–Trinajstić information content (AvgIpc) is 2.83. The van der Waals surface area contributed by atoms with E-state index < -0.39 is 5.97 Å². The molecule has 162 valence electrons. The zero-order valence-electron chi connectivity index (χ0n) is 18.3. The topological polar surface area (TPSA) is 73.6 Å². The molecule has 0 fully saturated rings. The van der Waals surface area contributed by atoms with E-state index in [1.54, 1.807) is 18.3 Å². The molecule has 0 unspecified atom stereocenters. The maximum Gasteiger partial charge on any atom is 0.339 e. The predicted molar refractivity (Wildman–Crippen MR) is 127 cm³/mol. The lowest BCUT2D eigenvalue weighted by Crippen LogP contribution is -2.17. The van der Waals surface area contributed by atoms with Crippen LogP contribution in [0.2, 0.25) is 0 Å². The van der Waals surface area contributed by atoms with Crippen molar-refractivity contribution in [2.24, 2.45) is 0 Å². The van der Waals surface area contributed by atoms with Gasteiger partial charge in [0, 0.05) is 23.2 Å². The number of carbonyl (C=O) groups excluding carboxylic acids is 1. The van der Waals surface area contributed by atoms with Crippen LogP contribution < -0.4 is 5.56 Å². The fraction of sp³-hybridized carbons (Fsp3) is 0.111. The van der Waals surface area contributed by atoms with E-state index in [9.17, 15) is 9.59 Å². The van der Waals surface area contributed by atoms with Gasteiger partial charge in [0.1, 0.15) is 12.3 Å². The lowest BCUT2D eigenvalue weighted by molar-refractivity contribution is 0.0470. The Kier molecular flexibility index (Phi) is 5.18. The van der Waals surface area contributed by atoms with Gasteiger partial charge in [-0.2, -0.15) is 0 Å². The second kappa shape index (κ2) is 8.31. The van der Waals surface area contributed by atoms with Crippen LogP contribution in [0.25, 0.3) is 27.8 Å². The maximum absolute atomic E-state index is 13.1. The molecule has 0 aliphatic rings. The molecular formula is C27H21N3O3. The third kappa shape index (κ3) is 3.99. The molecule has 0 radical (unpaired) electrons. The summed E-state index contributed by atoms with van der Waals surface area (Å²) in [6.45, 7) is 3.80. The van der Waals surface area contributed by atoms with Crippen molar-refractivity contribution in [2.45, 2.75) is 20.5 Å². The second-order valence-electron chi connectivity index (χ2n) is 7.98. The van der Waals surface area contributed by atoms with Crippen molar-refractivity contribution in [3.05, 3.63) is 112 Å². The molecule has 6 heteroatoms. The lowest BCUT2D eigenvalue weighted by atomic mass is 10.0. The van der Waals surface area contributed by atoms with Gasteiger partial charge in [-0.15, -0.1) is 0 Å². The van der Waals surface area contributed by atoms with Crippen LogP contribution >= 0.6 is 0 Å². The number of esters is 1. The van der Waals surface area contributed by atoms with Crippen LogP contribution in [-0.4, -0.2) is 20.3 Å². The van der Waals surface area contributed by atoms with Crippen molar-refractivity contribution in [1.29, 1.82) is 0 Å². The summed E-state index contributed by atoms with van der Waals surface area (Å²) in [5, 5.41) is 0.709. The molecule has 3 aromatic heterocycles. The minimum atomic E-state index is -0.492. The molecule has 0 saturated carbocycles. The van der Waals surface area contributed by atoms with Crippen LogP contribution in [0.15, 0.2) is 83.8 Å². The van der Waals surface area contributed by atoms with E-state index in [0.717, 1.165) is 16.7 Å². The Balaban J connectivity index is 1.49. The number of pyridine rings is 2. The summed E-state index contributed by atoms with van der Waals surface area (Å²) < 4.78 is 7.08. The standard InChI is InChI=1S/C27H21N3O3/c1-17-9-11-19(12-10-17)24-15-22(21-7-3-4-8-23(21)29-24)27(32)33-16-20-14-25(31)30-13-5-6-18(2)26(30)28-20/h3-15H,16H2,1-2H3. The van der Waals surface area contributed by atoms with Crippen LogP contribution in [0.5, 0.6) is 0 Å². The summed E-state index contributed by atoms with van der Waals surface area (Å²) in [5.41, 5.74) is 5.49. The van der Waals surface area contributed by atoms with Crippen LogP contribution in [0.1, 0.15) is 27.2 Å². The molecule has 0 amide bonds. The fourth-order valence-corrected chi connectivity index (χ4v) is 3.82. The molecule has 0 N–H and O–H groups in total. The van der Waals surface area contributed by atoms with Crippen LogP contribution in [-0.2, 0) is 11.3 Å². The number of benzene rings is 2. The van der Waals surface area contributed by atoms with Gasteiger partial charge >= 0.3 is 5.97 Å². The van der Waals surface area contributed by atoms with Crippen molar-refractivity contribution in [3.63, 3.8) is 0 Å². The van der Waals surface area contributed by atoms with Gasteiger partial charge in [0.2, 0.25) is 0 Å². The summed E-state index contributed by atoms with van der Waals surface area (Å²) in [7, 11) is 0. The van der Waals surface area contributed by atoms with Gasteiger partial charge in [0.05, 0.1) is 22.5 Å². The van der Waals surface area contributed by atoms with Crippen molar-refractivity contribution in [2.75, 3.05) is 0 Å². The first-order valence-electron chi connectivity index (χ1n) is 10.6. The van der Waals surface area contributed by atoms with Crippen molar-refractivity contribution >= 4 is 22.5 Å². The number of carbonyl (C=O) groups is 1. The summed E-state index contributed by atoms with van der Waals surface area (Å²) in [5.74, 6) is -0.492. The van der Waals surface area contributed by atoms with Crippen LogP contribution in [0.4, 0.5) is 0 Å². The summed E-state index contributed by atoms with van der Waals surface area (Å²) in [6, 6.07) is 22.3. The maximum atomic E-state index is 13.1. The molecular weight excluding hydrogens is 414 g/mol. The Bertz CT molecular complexity index is 1570. The SMILES string of the molecule is Cc1ccc(-c2cc(C(=O)OCc3cc(=O)n4cccc(C)c4n3)c3ccccc3n2)cc1. The average molecular weight is 435 g/mol. The summed E-state index contributed by atoms with van der Waals surface area (Å²) in [4.78, 5) is 34.8. The highest BCUT2D eigenvalue weighted by Crippen LogP contribution is 2.26. The largest absolute Gasteiger partial charge is 0.456 e. The van der Waals surface area contributed by atoms with Crippen LogP contribution in [0, 0.1) is 13.8 Å². The highest BCUT2D eigenvalue weighted by atomic mass is 16.5. The predicted octanol–water partition coefficient (Wildman–Crippen LogP) is 4.88. The van der Waals surface area contributed by atoms with E-state index in [1.165, 1.54) is 10.5 Å². The quantitative estimate of drug-likeness (QED) is 0.376. The van der Waals surface area contributed by atoms with Gasteiger partial charge < -0.3 is 4.74 Å². The van der Waals surface area contributed by atoms with Crippen molar-refractivity contribution in [1.82, 2.24) is 14.4 Å². The number of para-hydroxylation sites is 1. The number of hydrogen-bond donors (Lipinski definition) is 0. The van der Waals surface area contributed by atoms with Gasteiger partial charge in [0.25, 0.3) is 5.56 Å². The first-order valence-corrected chi connectivity index (χ1v) is 10.6. The van der Waals surface area contributed by atoms with Gasteiger partial charge in [-0.3, -0.25) is 9.20 Å². The lowest BCUT2D eigenvalue weighted by Gasteiger charge is -2.11. The molecule has 0 aliphatic carbocycles. The molecule has 0 atom stereocenters. The third-order valence-corrected chi connectivity index (χ3v) is 5.57. The first kappa shape index (κ1) is 20.6. The van der Waals surface area contributed by atoms with Crippen molar-refractivity contribution in [3.8, 4) is 11.3 Å². The Morgan fingerprint density at radius 1 is 0.939 bits per heavy atom. The number of nitrogens with zero attached hydrogens (tertiary/aromatic N) is 3. The highest BCUT2D eigenvalue weighted by Gasteiger charge is 2.16. The van der Waals surface area contributed by atoms with Gasteiger partial charge in [-0.05, 0) is 37.6 Å². The Morgan fingerprint density at radius 2 is 1.73 bits per heavy atom. The number of fused-ring (bicyclic) bond motifs is 2. The Morgan fingerprint density at radius 3 is 2.55 bits per heavy atom. The van der Waals surface area contributed by atoms with E-state index in [4.69, 9.17) is 9.72 Å². The fourth-order valence-electron chi connectivity index (χ4n) is 3.82. The summed E-state index contributed by atoms with van der Waals surface area (Å²) >= 11 is 0. The molecule has 33 heavy (non-hydrogen) atoms.